The van der Waals surface area contributed by atoms with Crippen molar-refractivity contribution < 1.29 is 23.8 Å². The van der Waals surface area contributed by atoms with Gasteiger partial charge in [-0.25, -0.2) is 0 Å². The predicted octanol–water partition coefficient (Wildman–Crippen LogP) is 3.77. The first-order valence-electron chi connectivity index (χ1n) is 9.95. The third kappa shape index (κ3) is 4.82. The van der Waals surface area contributed by atoms with Crippen molar-refractivity contribution in [3.05, 3.63) is 58.7 Å². The number of aryl methyl sites for hydroxylation is 1. The van der Waals surface area contributed by atoms with E-state index in [1.54, 1.807) is 27.3 Å². The molecule has 0 unspecified atom stereocenters. The van der Waals surface area contributed by atoms with Crippen LogP contribution in [0.1, 0.15) is 34.8 Å². The maximum atomic E-state index is 12.9. The zero-order valence-corrected chi connectivity index (χ0v) is 17.9. The van der Waals surface area contributed by atoms with Crippen LogP contribution in [0.3, 0.4) is 0 Å². The van der Waals surface area contributed by atoms with Crippen LogP contribution in [0, 0.1) is 0 Å². The van der Waals surface area contributed by atoms with Gasteiger partial charge in [-0.1, -0.05) is 6.07 Å². The highest BCUT2D eigenvalue weighted by molar-refractivity contribution is 6.13. The van der Waals surface area contributed by atoms with Gasteiger partial charge < -0.3 is 19.1 Å². The largest absolute Gasteiger partial charge is 0.497 e. The third-order valence-electron chi connectivity index (χ3n) is 4.97. The molecular formula is C24H27NO5. The Balaban J connectivity index is 1.83. The molecule has 1 aliphatic rings. The average molecular weight is 409 g/mol. The van der Waals surface area contributed by atoms with E-state index in [9.17, 15) is 9.59 Å². The first-order chi connectivity index (χ1) is 14.4. The molecule has 30 heavy (non-hydrogen) atoms. The molecule has 0 saturated carbocycles. The number of methoxy groups -OCH3 is 1. The molecule has 0 aliphatic heterocycles. The van der Waals surface area contributed by atoms with Crippen molar-refractivity contribution in [1.29, 1.82) is 0 Å². The molecule has 0 heterocycles. The summed E-state index contributed by atoms with van der Waals surface area (Å²) in [5, 5.41) is 0. The van der Waals surface area contributed by atoms with E-state index in [4.69, 9.17) is 14.2 Å². The lowest BCUT2D eigenvalue weighted by Gasteiger charge is -2.18. The second-order valence-corrected chi connectivity index (χ2v) is 7.24. The minimum Gasteiger partial charge on any atom is -0.497 e. The van der Waals surface area contributed by atoms with Gasteiger partial charge in [0, 0.05) is 25.2 Å². The quantitative estimate of drug-likeness (QED) is 0.652. The Morgan fingerprint density at radius 1 is 1.07 bits per heavy atom. The van der Waals surface area contributed by atoms with Crippen LogP contribution in [0.4, 0.5) is 0 Å². The van der Waals surface area contributed by atoms with E-state index < -0.39 is 0 Å². The standard InChI is InChI=1S/C24H27NO5/c1-5-29-22-13-16(6-11-21(22)30-15-23(26)25(2)3)12-18-8-7-17-14-19(28-4)9-10-20(17)24(18)27/h6,9-14H,5,7-8,15H2,1-4H3/b18-12-. The van der Waals surface area contributed by atoms with E-state index in [0.717, 1.165) is 34.4 Å². The first-order valence-corrected chi connectivity index (χ1v) is 9.95. The number of amides is 1. The molecule has 158 valence electrons. The van der Waals surface area contributed by atoms with Crippen LogP contribution in [-0.2, 0) is 11.2 Å². The molecule has 6 nitrogen and oxygen atoms in total. The van der Waals surface area contributed by atoms with Gasteiger partial charge in [-0.05, 0) is 67.3 Å². The summed E-state index contributed by atoms with van der Waals surface area (Å²) >= 11 is 0. The van der Waals surface area contributed by atoms with Gasteiger partial charge in [-0.15, -0.1) is 0 Å². The van der Waals surface area contributed by atoms with Crippen LogP contribution in [0.2, 0.25) is 0 Å². The summed E-state index contributed by atoms with van der Waals surface area (Å²) in [7, 11) is 4.98. The van der Waals surface area contributed by atoms with Crippen molar-refractivity contribution in [2.24, 2.45) is 0 Å². The lowest BCUT2D eigenvalue weighted by Crippen LogP contribution is -2.27. The molecule has 2 aromatic carbocycles. The van der Waals surface area contributed by atoms with Crippen molar-refractivity contribution >= 4 is 17.8 Å². The molecule has 2 aromatic rings. The highest BCUT2D eigenvalue weighted by Gasteiger charge is 2.22. The fourth-order valence-electron chi connectivity index (χ4n) is 3.29. The van der Waals surface area contributed by atoms with Crippen LogP contribution in [0.25, 0.3) is 6.08 Å². The molecule has 1 amide bonds. The minimum absolute atomic E-state index is 0.0359. The van der Waals surface area contributed by atoms with Crippen molar-refractivity contribution in [2.45, 2.75) is 19.8 Å². The monoisotopic (exact) mass is 409 g/mol. The SMILES string of the molecule is CCOc1cc(/C=C2/CCc3cc(OC)ccc3C2=O)ccc1OCC(=O)N(C)C. The van der Waals surface area contributed by atoms with Gasteiger partial charge in [0.2, 0.25) is 0 Å². The van der Waals surface area contributed by atoms with Crippen LogP contribution < -0.4 is 14.2 Å². The number of Topliss-reactive ketones (excluding diaryl/α,β-unsaturated/α-hetero) is 1. The number of ketones is 1. The number of rotatable bonds is 7. The molecule has 0 fully saturated rings. The first kappa shape index (κ1) is 21.4. The van der Waals surface area contributed by atoms with Crippen molar-refractivity contribution in [1.82, 2.24) is 4.90 Å². The third-order valence-corrected chi connectivity index (χ3v) is 4.97. The van der Waals surface area contributed by atoms with Gasteiger partial charge in [-0.2, -0.15) is 0 Å². The Hall–Kier alpha value is -3.28. The van der Waals surface area contributed by atoms with E-state index in [-0.39, 0.29) is 18.3 Å². The number of carbonyl (C=O) groups is 2. The van der Waals surface area contributed by atoms with E-state index in [1.807, 2.05) is 43.3 Å². The molecule has 6 heteroatoms. The van der Waals surface area contributed by atoms with Crippen LogP contribution in [-0.4, -0.2) is 51.0 Å². The lowest BCUT2D eigenvalue weighted by atomic mass is 9.86. The van der Waals surface area contributed by atoms with Gasteiger partial charge in [0.25, 0.3) is 5.91 Å². The summed E-state index contributed by atoms with van der Waals surface area (Å²) in [5.74, 6) is 1.72. The number of ether oxygens (including phenoxy) is 3. The van der Waals surface area contributed by atoms with Gasteiger partial charge in [-0.3, -0.25) is 9.59 Å². The Labute approximate surface area is 177 Å². The van der Waals surface area contributed by atoms with Gasteiger partial charge in [0.1, 0.15) is 5.75 Å². The zero-order chi connectivity index (χ0) is 21.7. The number of likely N-dealkylation sites (N-methyl/N-ethyl adjacent to an activating group) is 1. The van der Waals surface area contributed by atoms with E-state index in [0.29, 0.717) is 24.5 Å². The summed E-state index contributed by atoms with van der Waals surface area (Å²) in [6, 6.07) is 11.0. The summed E-state index contributed by atoms with van der Waals surface area (Å²) in [4.78, 5) is 26.2. The topological polar surface area (TPSA) is 65.1 Å². The number of benzene rings is 2. The minimum atomic E-state index is -0.133. The van der Waals surface area contributed by atoms with Crippen LogP contribution in [0.5, 0.6) is 17.2 Å². The number of hydrogen-bond donors (Lipinski definition) is 0. The van der Waals surface area contributed by atoms with Crippen molar-refractivity contribution in [3.63, 3.8) is 0 Å². The number of fused-ring (bicyclic) bond motifs is 1. The second kappa shape index (κ2) is 9.48. The Kier molecular flexibility index (Phi) is 6.77. The summed E-state index contributed by atoms with van der Waals surface area (Å²) in [6.45, 7) is 2.29. The maximum Gasteiger partial charge on any atom is 0.259 e. The summed E-state index contributed by atoms with van der Waals surface area (Å²) in [6.07, 6.45) is 3.35. The fraction of sp³-hybridized carbons (Fsp3) is 0.333. The van der Waals surface area contributed by atoms with Crippen molar-refractivity contribution in [2.75, 3.05) is 34.4 Å². The predicted molar refractivity (Wildman–Crippen MR) is 115 cm³/mol. The molecule has 0 bridgehead atoms. The van der Waals surface area contributed by atoms with Gasteiger partial charge in [0.05, 0.1) is 13.7 Å². The highest BCUT2D eigenvalue weighted by Crippen LogP contribution is 2.32. The van der Waals surface area contributed by atoms with E-state index >= 15 is 0 Å². The number of nitrogens with zero attached hydrogens (tertiary/aromatic N) is 1. The Morgan fingerprint density at radius 2 is 1.87 bits per heavy atom. The van der Waals surface area contributed by atoms with Gasteiger partial charge >= 0.3 is 0 Å². The maximum absolute atomic E-state index is 12.9. The zero-order valence-electron chi connectivity index (χ0n) is 17.9. The molecule has 0 N–H and O–H groups in total. The highest BCUT2D eigenvalue weighted by atomic mass is 16.5. The molecule has 0 atom stereocenters. The van der Waals surface area contributed by atoms with Crippen LogP contribution in [0.15, 0.2) is 42.0 Å². The van der Waals surface area contributed by atoms with Gasteiger partial charge in [0.15, 0.2) is 23.9 Å². The number of hydrogen-bond acceptors (Lipinski definition) is 5. The molecule has 0 radical (unpaired) electrons. The lowest BCUT2D eigenvalue weighted by molar-refractivity contribution is -0.130. The molecule has 0 spiro atoms. The smallest absolute Gasteiger partial charge is 0.259 e. The Morgan fingerprint density at radius 3 is 2.57 bits per heavy atom. The van der Waals surface area contributed by atoms with Crippen molar-refractivity contribution in [3.8, 4) is 17.2 Å². The number of carbonyl (C=O) groups excluding carboxylic acids is 2. The second-order valence-electron chi connectivity index (χ2n) is 7.24. The Bertz CT molecular complexity index is 978. The number of allylic oxidation sites excluding steroid dienone is 1. The molecule has 0 saturated heterocycles. The molecular weight excluding hydrogens is 382 g/mol. The normalized spacial score (nSPS) is 14.3. The van der Waals surface area contributed by atoms with Crippen LogP contribution >= 0.6 is 0 Å². The molecule has 3 rings (SSSR count). The summed E-state index contributed by atoms with van der Waals surface area (Å²) in [5.41, 5.74) is 3.35. The van der Waals surface area contributed by atoms with E-state index in [1.165, 1.54) is 4.90 Å². The molecule has 1 aliphatic carbocycles. The summed E-state index contributed by atoms with van der Waals surface area (Å²) < 4.78 is 16.6. The van der Waals surface area contributed by atoms with E-state index in [2.05, 4.69) is 0 Å². The fourth-order valence-corrected chi connectivity index (χ4v) is 3.29. The average Bonchev–Trinajstić information content (AvgIpc) is 2.74. The molecule has 0 aromatic heterocycles.